The molecule has 2 rings (SSSR count). The van der Waals surface area contributed by atoms with E-state index in [0.717, 1.165) is 11.1 Å². The molecule has 0 aliphatic rings. The van der Waals surface area contributed by atoms with Crippen molar-refractivity contribution in [3.63, 3.8) is 0 Å². The Morgan fingerprint density at radius 2 is 1.64 bits per heavy atom. The minimum atomic E-state index is -0.272. The van der Waals surface area contributed by atoms with Crippen molar-refractivity contribution < 1.29 is 14.3 Å². The van der Waals surface area contributed by atoms with Gasteiger partial charge in [-0.25, -0.2) is 0 Å². The Balaban J connectivity index is 2.18. The Morgan fingerprint density at radius 3 is 2.27 bits per heavy atom. The van der Waals surface area contributed by atoms with Gasteiger partial charge in [-0.05, 0) is 23.3 Å². The third kappa shape index (κ3) is 4.22. The minimum Gasteiger partial charge on any atom is -0.493 e. The van der Waals surface area contributed by atoms with Crippen molar-refractivity contribution in [3.8, 4) is 11.5 Å². The molecule has 22 heavy (non-hydrogen) atoms. The number of hydrogen-bond acceptors (Lipinski definition) is 3. The summed E-state index contributed by atoms with van der Waals surface area (Å²) in [4.78, 5) is 11.7. The van der Waals surface area contributed by atoms with Crippen molar-refractivity contribution in [2.45, 2.75) is 13.8 Å². The molecule has 0 unspecified atom stereocenters. The maximum absolute atomic E-state index is 11.7. The summed E-state index contributed by atoms with van der Waals surface area (Å²) in [5.41, 5.74) is 2.10. The van der Waals surface area contributed by atoms with Crippen LogP contribution in [-0.2, 0) is 4.79 Å². The normalized spacial score (nSPS) is 10.9. The van der Waals surface area contributed by atoms with E-state index in [2.05, 4.69) is 0 Å². The molecule has 0 saturated heterocycles. The van der Waals surface area contributed by atoms with Gasteiger partial charge in [-0.3, -0.25) is 4.79 Å². The SMILES string of the molecule is COc1cc(C=Cc2ccccc2)ccc1OC(=O)C(C)C. The third-order valence-electron chi connectivity index (χ3n) is 3.14. The highest BCUT2D eigenvalue weighted by atomic mass is 16.6. The number of carbonyl (C=O) groups excluding carboxylic acids is 1. The van der Waals surface area contributed by atoms with Crippen LogP contribution in [0, 0.1) is 5.92 Å². The summed E-state index contributed by atoms with van der Waals surface area (Å²) in [5.74, 6) is 0.538. The molecule has 0 saturated carbocycles. The van der Waals surface area contributed by atoms with E-state index in [4.69, 9.17) is 9.47 Å². The molecule has 0 fully saturated rings. The van der Waals surface area contributed by atoms with E-state index in [9.17, 15) is 4.79 Å². The summed E-state index contributed by atoms with van der Waals surface area (Å²) in [6.07, 6.45) is 4.01. The van der Waals surface area contributed by atoms with Gasteiger partial charge in [0.25, 0.3) is 0 Å². The van der Waals surface area contributed by atoms with Crippen molar-refractivity contribution in [2.24, 2.45) is 5.92 Å². The van der Waals surface area contributed by atoms with Gasteiger partial charge < -0.3 is 9.47 Å². The number of methoxy groups -OCH3 is 1. The van der Waals surface area contributed by atoms with Crippen LogP contribution in [0.1, 0.15) is 25.0 Å². The van der Waals surface area contributed by atoms with E-state index in [-0.39, 0.29) is 11.9 Å². The van der Waals surface area contributed by atoms with Crippen LogP contribution in [0.2, 0.25) is 0 Å². The summed E-state index contributed by atoms with van der Waals surface area (Å²) in [6.45, 7) is 3.59. The first-order chi connectivity index (χ1) is 10.6. The summed E-state index contributed by atoms with van der Waals surface area (Å²) in [5, 5.41) is 0. The molecule has 3 nitrogen and oxygen atoms in total. The number of benzene rings is 2. The molecule has 0 aromatic heterocycles. The Bertz CT molecular complexity index is 658. The molecule has 0 atom stereocenters. The molecule has 0 spiro atoms. The zero-order valence-electron chi connectivity index (χ0n) is 13.1. The van der Waals surface area contributed by atoms with Crippen molar-refractivity contribution >= 4 is 18.1 Å². The molecular weight excluding hydrogens is 276 g/mol. The van der Waals surface area contributed by atoms with E-state index in [1.54, 1.807) is 27.0 Å². The molecule has 0 aliphatic heterocycles. The molecule has 2 aromatic rings. The van der Waals surface area contributed by atoms with E-state index < -0.39 is 0 Å². The number of rotatable bonds is 5. The van der Waals surface area contributed by atoms with Gasteiger partial charge >= 0.3 is 5.97 Å². The summed E-state index contributed by atoms with van der Waals surface area (Å²) in [7, 11) is 1.56. The Kier molecular flexibility index (Phi) is 5.37. The number of carbonyl (C=O) groups is 1. The molecule has 0 radical (unpaired) electrons. The second kappa shape index (κ2) is 7.46. The predicted octanol–water partition coefficient (Wildman–Crippen LogP) is 4.43. The van der Waals surface area contributed by atoms with Crippen LogP contribution in [0.4, 0.5) is 0 Å². The summed E-state index contributed by atoms with van der Waals surface area (Å²) < 4.78 is 10.6. The Hall–Kier alpha value is -2.55. The fourth-order valence-electron chi connectivity index (χ4n) is 1.85. The number of esters is 1. The second-order valence-corrected chi connectivity index (χ2v) is 5.23. The van der Waals surface area contributed by atoms with Crippen LogP contribution < -0.4 is 9.47 Å². The first-order valence-corrected chi connectivity index (χ1v) is 7.23. The number of ether oxygens (including phenoxy) is 2. The smallest absolute Gasteiger partial charge is 0.313 e. The van der Waals surface area contributed by atoms with Crippen LogP contribution in [0.5, 0.6) is 11.5 Å². The molecular formula is C19H20O3. The minimum absolute atomic E-state index is 0.178. The lowest BCUT2D eigenvalue weighted by molar-refractivity contribution is -0.137. The number of hydrogen-bond donors (Lipinski definition) is 0. The Morgan fingerprint density at radius 1 is 0.955 bits per heavy atom. The van der Waals surface area contributed by atoms with Crippen molar-refractivity contribution in [3.05, 3.63) is 59.7 Å². The van der Waals surface area contributed by atoms with Crippen LogP contribution >= 0.6 is 0 Å². The van der Waals surface area contributed by atoms with Crippen LogP contribution in [0.3, 0.4) is 0 Å². The summed E-state index contributed by atoms with van der Waals surface area (Å²) >= 11 is 0. The maximum atomic E-state index is 11.7. The topological polar surface area (TPSA) is 35.5 Å². The first kappa shape index (κ1) is 15.8. The quantitative estimate of drug-likeness (QED) is 0.465. The zero-order valence-corrected chi connectivity index (χ0v) is 13.1. The average Bonchev–Trinajstić information content (AvgIpc) is 2.54. The zero-order chi connectivity index (χ0) is 15.9. The first-order valence-electron chi connectivity index (χ1n) is 7.23. The highest BCUT2D eigenvalue weighted by molar-refractivity contribution is 5.76. The van der Waals surface area contributed by atoms with Gasteiger partial charge in [0.1, 0.15) is 0 Å². The van der Waals surface area contributed by atoms with Crippen LogP contribution in [0.25, 0.3) is 12.2 Å². The largest absolute Gasteiger partial charge is 0.493 e. The lowest BCUT2D eigenvalue weighted by Crippen LogP contribution is -2.15. The van der Waals surface area contributed by atoms with Crippen LogP contribution in [0.15, 0.2) is 48.5 Å². The van der Waals surface area contributed by atoms with Gasteiger partial charge in [0, 0.05) is 0 Å². The predicted molar refractivity (Wildman–Crippen MR) is 88.8 cm³/mol. The monoisotopic (exact) mass is 296 g/mol. The van der Waals surface area contributed by atoms with E-state index in [0.29, 0.717) is 11.5 Å². The lowest BCUT2D eigenvalue weighted by Gasteiger charge is -2.11. The maximum Gasteiger partial charge on any atom is 0.313 e. The van der Waals surface area contributed by atoms with E-state index in [1.165, 1.54) is 0 Å². The van der Waals surface area contributed by atoms with Gasteiger partial charge in [0.15, 0.2) is 11.5 Å². The van der Waals surface area contributed by atoms with Gasteiger partial charge in [-0.15, -0.1) is 0 Å². The molecule has 3 heteroatoms. The average molecular weight is 296 g/mol. The fourth-order valence-corrected chi connectivity index (χ4v) is 1.85. The lowest BCUT2D eigenvalue weighted by atomic mass is 10.1. The van der Waals surface area contributed by atoms with Crippen molar-refractivity contribution in [1.82, 2.24) is 0 Å². The van der Waals surface area contributed by atoms with Gasteiger partial charge in [0.05, 0.1) is 13.0 Å². The highest BCUT2D eigenvalue weighted by Gasteiger charge is 2.13. The highest BCUT2D eigenvalue weighted by Crippen LogP contribution is 2.29. The molecule has 0 bridgehead atoms. The molecule has 114 valence electrons. The molecule has 0 heterocycles. The van der Waals surface area contributed by atoms with Crippen molar-refractivity contribution in [2.75, 3.05) is 7.11 Å². The van der Waals surface area contributed by atoms with E-state index >= 15 is 0 Å². The molecule has 0 aliphatic carbocycles. The standard InChI is InChI=1S/C19H20O3/c1-14(2)19(20)22-17-12-11-16(13-18(17)21-3)10-9-15-7-5-4-6-8-15/h4-14H,1-3H3. The van der Waals surface area contributed by atoms with E-state index in [1.807, 2.05) is 54.6 Å². The second-order valence-electron chi connectivity index (χ2n) is 5.23. The molecule has 0 amide bonds. The molecule has 2 aromatic carbocycles. The summed E-state index contributed by atoms with van der Waals surface area (Å²) in [6, 6.07) is 15.5. The van der Waals surface area contributed by atoms with Crippen molar-refractivity contribution in [1.29, 1.82) is 0 Å². The van der Waals surface area contributed by atoms with Gasteiger partial charge in [-0.1, -0.05) is 62.4 Å². The third-order valence-corrected chi connectivity index (χ3v) is 3.14. The van der Waals surface area contributed by atoms with Crippen LogP contribution in [-0.4, -0.2) is 13.1 Å². The molecule has 0 N–H and O–H groups in total. The Labute approximate surface area is 131 Å². The van der Waals surface area contributed by atoms with Gasteiger partial charge in [-0.2, -0.15) is 0 Å². The fraction of sp³-hybridized carbons (Fsp3) is 0.211. The van der Waals surface area contributed by atoms with Gasteiger partial charge in [0.2, 0.25) is 0 Å².